The van der Waals surface area contributed by atoms with Crippen LogP contribution in [-0.4, -0.2) is 18.7 Å². The van der Waals surface area contributed by atoms with Crippen molar-refractivity contribution in [3.05, 3.63) is 107 Å². The fraction of sp³-hybridized carbons (Fsp3) is 0.167. The van der Waals surface area contributed by atoms with Gasteiger partial charge < -0.3 is 4.74 Å². The minimum Gasteiger partial charge on any atom is -0.457 e. The van der Waals surface area contributed by atoms with Gasteiger partial charge in [-0.2, -0.15) is 0 Å². The van der Waals surface area contributed by atoms with Crippen molar-refractivity contribution in [3.8, 4) is 0 Å². The van der Waals surface area contributed by atoms with Crippen molar-refractivity contribution >= 4 is 11.7 Å². The molecule has 0 radical (unpaired) electrons. The zero-order valence-corrected chi connectivity index (χ0v) is 16.2. The molecule has 27 heavy (non-hydrogen) atoms. The van der Waals surface area contributed by atoms with Crippen LogP contribution in [0.1, 0.15) is 22.3 Å². The van der Waals surface area contributed by atoms with Gasteiger partial charge in [0.25, 0.3) is 0 Å². The van der Waals surface area contributed by atoms with E-state index in [0.717, 1.165) is 22.4 Å². The highest BCUT2D eigenvalue weighted by Crippen LogP contribution is 2.18. The van der Waals surface area contributed by atoms with Gasteiger partial charge >= 0.3 is 5.97 Å². The van der Waals surface area contributed by atoms with Crippen molar-refractivity contribution in [2.24, 2.45) is 4.99 Å². The lowest BCUT2D eigenvalue weighted by Gasteiger charge is -2.11. The maximum atomic E-state index is 12.1. The van der Waals surface area contributed by atoms with Crippen LogP contribution >= 0.6 is 0 Å². The molecule has 0 atom stereocenters. The highest BCUT2D eigenvalue weighted by atomic mass is 16.5. The van der Waals surface area contributed by atoms with Crippen molar-refractivity contribution in [2.75, 3.05) is 7.05 Å². The first-order valence-corrected chi connectivity index (χ1v) is 8.74. The largest absolute Gasteiger partial charge is 0.457 e. The number of nitrogens with zero attached hydrogens (tertiary/aromatic N) is 1. The summed E-state index contributed by atoms with van der Waals surface area (Å²) < 4.78 is 5.28. The van der Waals surface area contributed by atoms with Crippen molar-refractivity contribution in [3.63, 3.8) is 0 Å². The van der Waals surface area contributed by atoms with Gasteiger partial charge in [-0.25, -0.2) is 4.79 Å². The molecule has 0 aromatic heterocycles. The van der Waals surface area contributed by atoms with Crippen molar-refractivity contribution in [2.45, 2.75) is 20.5 Å². The number of allylic oxidation sites excluding steroid dienone is 2. The number of esters is 1. The lowest BCUT2D eigenvalue weighted by molar-refractivity contribution is -0.139. The van der Waals surface area contributed by atoms with E-state index in [1.54, 1.807) is 19.2 Å². The molecule has 0 aliphatic carbocycles. The summed E-state index contributed by atoms with van der Waals surface area (Å²) >= 11 is 0. The Kier molecular flexibility index (Phi) is 7.07. The van der Waals surface area contributed by atoms with E-state index in [1.165, 1.54) is 5.56 Å². The number of ether oxygens (including phenoxy) is 1. The zero-order chi connectivity index (χ0) is 19.8. The van der Waals surface area contributed by atoms with Crippen LogP contribution < -0.4 is 0 Å². The Hall–Kier alpha value is -3.20. The first kappa shape index (κ1) is 20.1. The molecule has 2 aromatic rings. The summed E-state index contributed by atoms with van der Waals surface area (Å²) in [6.45, 7) is 12.2. The normalized spacial score (nSPS) is 11.4. The smallest absolute Gasteiger partial charge is 0.337 e. The number of benzene rings is 2. The second-order valence-electron chi connectivity index (χ2n) is 6.27. The number of rotatable bonds is 7. The number of hydrogen-bond acceptors (Lipinski definition) is 3. The molecule has 0 fully saturated rings. The number of aryl methyl sites for hydroxylation is 1. The molecule has 0 saturated carbocycles. The van der Waals surface area contributed by atoms with E-state index in [-0.39, 0.29) is 12.2 Å². The summed E-state index contributed by atoms with van der Waals surface area (Å²) in [7, 11) is 1.74. The molecule has 0 N–H and O–H groups in total. The minimum atomic E-state index is -0.454. The topological polar surface area (TPSA) is 38.7 Å². The first-order chi connectivity index (χ1) is 12.9. The SMILES string of the molecule is C=C(/C=C\C(=C)C(=NC)c1cccc(C)c1C)C(=O)OCc1ccccc1. The first-order valence-electron chi connectivity index (χ1n) is 8.74. The van der Waals surface area contributed by atoms with Gasteiger partial charge in [-0.3, -0.25) is 4.99 Å². The van der Waals surface area contributed by atoms with Crippen molar-refractivity contribution in [1.29, 1.82) is 0 Å². The Bertz CT molecular complexity index is 905. The molecule has 0 saturated heterocycles. The van der Waals surface area contributed by atoms with Crippen LogP contribution in [0.3, 0.4) is 0 Å². The van der Waals surface area contributed by atoms with E-state index >= 15 is 0 Å². The number of aliphatic imine (C=N–C) groups is 1. The maximum Gasteiger partial charge on any atom is 0.337 e. The molecule has 3 heteroatoms. The number of carbonyl (C=O) groups excluding carboxylic acids is 1. The van der Waals surface area contributed by atoms with Gasteiger partial charge in [0.1, 0.15) is 6.61 Å². The van der Waals surface area contributed by atoms with E-state index in [4.69, 9.17) is 4.74 Å². The molecule has 0 unspecified atom stereocenters. The number of carbonyl (C=O) groups is 1. The maximum absolute atomic E-state index is 12.1. The van der Waals surface area contributed by atoms with Crippen LogP contribution in [0.25, 0.3) is 0 Å². The third kappa shape index (κ3) is 5.38. The summed E-state index contributed by atoms with van der Waals surface area (Å²) in [5.74, 6) is -0.454. The average molecular weight is 359 g/mol. The van der Waals surface area contributed by atoms with Gasteiger partial charge in [-0.05, 0) is 42.2 Å². The third-order valence-corrected chi connectivity index (χ3v) is 4.35. The lowest BCUT2D eigenvalue weighted by Crippen LogP contribution is -2.07. The summed E-state index contributed by atoms with van der Waals surface area (Å²) in [4.78, 5) is 16.5. The molecule has 0 heterocycles. The number of hydrogen-bond donors (Lipinski definition) is 0. The van der Waals surface area contributed by atoms with Crippen molar-refractivity contribution in [1.82, 2.24) is 0 Å². The average Bonchev–Trinajstić information content (AvgIpc) is 2.68. The van der Waals surface area contributed by atoms with E-state index in [2.05, 4.69) is 38.1 Å². The quantitative estimate of drug-likeness (QED) is 0.297. The van der Waals surface area contributed by atoms with Crippen molar-refractivity contribution < 1.29 is 9.53 Å². The Morgan fingerprint density at radius 3 is 2.33 bits per heavy atom. The van der Waals surface area contributed by atoms with E-state index < -0.39 is 5.97 Å². The molecule has 0 bridgehead atoms. The van der Waals surface area contributed by atoms with Gasteiger partial charge in [0.2, 0.25) is 0 Å². The van der Waals surface area contributed by atoms with Crippen LogP contribution in [0.5, 0.6) is 0 Å². The van der Waals surface area contributed by atoms with Crippen LogP contribution in [-0.2, 0) is 16.1 Å². The molecule has 0 aliphatic heterocycles. The molecule has 0 aliphatic rings. The Morgan fingerprint density at radius 2 is 1.67 bits per heavy atom. The van der Waals surface area contributed by atoms with Crippen LogP contribution in [0.2, 0.25) is 0 Å². The summed E-state index contributed by atoms with van der Waals surface area (Å²) in [5.41, 5.74) is 6.09. The Labute approximate surface area is 161 Å². The Balaban J connectivity index is 2.02. The Morgan fingerprint density at radius 1 is 1.00 bits per heavy atom. The fourth-order valence-corrected chi connectivity index (χ4v) is 2.61. The standard InChI is InChI=1S/C24H25NO2/c1-17-10-9-13-22(20(17)4)23(25-5)18(2)14-15-19(3)24(26)27-16-21-11-7-6-8-12-21/h6-15H,2-3,16H2,1,4-5H3/b15-14-,25-23?. The second kappa shape index (κ2) is 9.48. The van der Waals surface area contributed by atoms with Gasteiger partial charge in [-0.1, -0.05) is 67.8 Å². The van der Waals surface area contributed by atoms with Crippen LogP contribution in [0, 0.1) is 13.8 Å². The van der Waals surface area contributed by atoms with Crippen LogP contribution in [0.15, 0.2) is 90.0 Å². The molecule has 2 aromatic carbocycles. The highest BCUT2D eigenvalue weighted by Gasteiger charge is 2.11. The van der Waals surface area contributed by atoms with E-state index in [1.807, 2.05) is 42.5 Å². The molecule has 0 spiro atoms. The molecular weight excluding hydrogens is 334 g/mol. The second-order valence-corrected chi connectivity index (χ2v) is 6.27. The zero-order valence-electron chi connectivity index (χ0n) is 16.2. The summed E-state index contributed by atoms with van der Waals surface area (Å²) in [6, 6.07) is 15.6. The molecule has 0 amide bonds. The monoisotopic (exact) mass is 359 g/mol. The molecule has 2 rings (SSSR count). The van der Waals surface area contributed by atoms with Gasteiger partial charge in [0.15, 0.2) is 0 Å². The predicted molar refractivity (Wildman–Crippen MR) is 112 cm³/mol. The van der Waals surface area contributed by atoms with Gasteiger partial charge in [0.05, 0.1) is 11.3 Å². The summed E-state index contributed by atoms with van der Waals surface area (Å²) in [5, 5.41) is 0. The summed E-state index contributed by atoms with van der Waals surface area (Å²) in [6.07, 6.45) is 3.36. The molecule has 3 nitrogen and oxygen atoms in total. The lowest BCUT2D eigenvalue weighted by atomic mass is 9.95. The van der Waals surface area contributed by atoms with Crippen LogP contribution in [0.4, 0.5) is 0 Å². The highest BCUT2D eigenvalue weighted by molar-refractivity contribution is 6.15. The van der Waals surface area contributed by atoms with E-state index in [0.29, 0.717) is 5.57 Å². The minimum absolute atomic E-state index is 0.220. The van der Waals surface area contributed by atoms with E-state index in [9.17, 15) is 4.79 Å². The predicted octanol–water partition coefficient (Wildman–Crippen LogP) is 5.13. The third-order valence-electron chi connectivity index (χ3n) is 4.35. The van der Waals surface area contributed by atoms with Gasteiger partial charge in [0, 0.05) is 12.6 Å². The fourth-order valence-electron chi connectivity index (χ4n) is 2.61. The molecule has 138 valence electrons. The van der Waals surface area contributed by atoms with Gasteiger partial charge in [-0.15, -0.1) is 0 Å². The molecular formula is C24H25NO2.